The highest BCUT2D eigenvalue weighted by Crippen LogP contribution is 2.41. The lowest BCUT2D eigenvalue weighted by molar-refractivity contribution is -0.384. The van der Waals surface area contributed by atoms with Gasteiger partial charge in [-0.2, -0.15) is 5.26 Å². The van der Waals surface area contributed by atoms with Crippen LogP contribution in [0.25, 0.3) is 0 Å². The van der Waals surface area contributed by atoms with Crippen LogP contribution in [0.3, 0.4) is 0 Å². The highest BCUT2D eigenvalue weighted by molar-refractivity contribution is 8.00. The lowest BCUT2D eigenvalue weighted by Gasteiger charge is -2.17. The quantitative estimate of drug-likeness (QED) is 0.132. The van der Waals surface area contributed by atoms with Crippen molar-refractivity contribution in [1.29, 1.82) is 5.26 Å². The van der Waals surface area contributed by atoms with Crippen LogP contribution in [0.4, 0.5) is 16.4 Å². The average molecular weight is 569 g/mol. The molecule has 1 aliphatic carbocycles. The van der Waals surface area contributed by atoms with Crippen LogP contribution in [-0.2, 0) is 17.6 Å². The van der Waals surface area contributed by atoms with Gasteiger partial charge in [-0.1, -0.05) is 36.4 Å². The molecule has 1 aromatic heterocycles. The van der Waals surface area contributed by atoms with Crippen LogP contribution in [0.5, 0.6) is 0 Å². The lowest BCUT2D eigenvalue weighted by atomic mass is 9.96. The molecule has 1 unspecified atom stereocenters. The number of non-ortho nitro benzene ring substituents is 1. The largest absolute Gasteiger partial charge is 0.322 e. The molecular formula is C30H24N4O4S2. The number of rotatable bonds is 8. The van der Waals surface area contributed by atoms with Crippen molar-refractivity contribution in [2.45, 2.75) is 35.8 Å². The molecule has 0 saturated carbocycles. The van der Waals surface area contributed by atoms with Gasteiger partial charge in [-0.3, -0.25) is 19.7 Å². The van der Waals surface area contributed by atoms with E-state index in [-0.39, 0.29) is 17.2 Å². The first-order chi connectivity index (χ1) is 19.4. The summed E-state index contributed by atoms with van der Waals surface area (Å²) in [5.41, 5.74) is 3.17. The molecule has 1 heterocycles. The van der Waals surface area contributed by atoms with E-state index < -0.39 is 16.1 Å². The van der Waals surface area contributed by atoms with Gasteiger partial charge < -0.3 is 10.6 Å². The number of carbonyl (C=O) groups excluding carboxylic acids is 2. The molecule has 4 aromatic rings. The number of nitrogens with one attached hydrogen (secondary N) is 2. The molecule has 0 bridgehead atoms. The number of thiophene rings is 1. The normalized spacial score (nSPS) is 13.0. The Bertz CT molecular complexity index is 1610. The van der Waals surface area contributed by atoms with Gasteiger partial charge in [0.05, 0.1) is 10.5 Å². The highest BCUT2D eigenvalue weighted by atomic mass is 32.2. The summed E-state index contributed by atoms with van der Waals surface area (Å²) < 4.78 is 0. The van der Waals surface area contributed by atoms with Gasteiger partial charge in [0.1, 0.15) is 16.3 Å². The number of hydrogen-bond acceptors (Lipinski definition) is 7. The van der Waals surface area contributed by atoms with Crippen molar-refractivity contribution in [2.24, 2.45) is 0 Å². The lowest BCUT2D eigenvalue weighted by Crippen LogP contribution is -2.19. The number of amides is 2. The van der Waals surface area contributed by atoms with E-state index in [9.17, 15) is 25.0 Å². The molecule has 10 heteroatoms. The molecule has 0 saturated heterocycles. The van der Waals surface area contributed by atoms with E-state index in [0.29, 0.717) is 16.3 Å². The first-order valence-electron chi connectivity index (χ1n) is 12.7. The number of nitro benzene ring substituents is 1. The fraction of sp³-hybridized carbons (Fsp3) is 0.167. The van der Waals surface area contributed by atoms with Crippen LogP contribution in [0.2, 0.25) is 0 Å². The third-order valence-corrected chi connectivity index (χ3v) is 9.00. The van der Waals surface area contributed by atoms with Crippen molar-refractivity contribution >= 4 is 51.3 Å². The Balaban J connectivity index is 1.36. The van der Waals surface area contributed by atoms with Gasteiger partial charge in [0.15, 0.2) is 0 Å². The summed E-state index contributed by atoms with van der Waals surface area (Å²) in [5, 5.41) is 26.6. The van der Waals surface area contributed by atoms with Crippen molar-refractivity contribution in [2.75, 3.05) is 10.6 Å². The summed E-state index contributed by atoms with van der Waals surface area (Å²) in [6, 6.07) is 24.3. The maximum absolute atomic E-state index is 13.7. The molecule has 2 amide bonds. The molecule has 200 valence electrons. The molecule has 0 fully saturated rings. The summed E-state index contributed by atoms with van der Waals surface area (Å²) in [7, 11) is 0. The van der Waals surface area contributed by atoms with Crippen molar-refractivity contribution in [3.05, 3.63) is 116 Å². The zero-order valence-electron chi connectivity index (χ0n) is 21.3. The van der Waals surface area contributed by atoms with Crippen molar-refractivity contribution < 1.29 is 14.5 Å². The van der Waals surface area contributed by atoms with Gasteiger partial charge >= 0.3 is 0 Å². The Hall–Kier alpha value is -4.46. The van der Waals surface area contributed by atoms with Gasteiger partial charge in [-0.05, 0) is 67.1 Å². The highest BCUT2D eigenvalue weighted by Gasteiger charge is 2.27. The third kappa shape index (κ3) is 6.06. The van der Waals surface area contributed by atoms with Crippen LogP contribution < -0.4 is 10.6 Å². The standard InChI is InChI=1S/C30H24N4O4S2/c31-18-25-24-11-4-5-12-26(24)40-30(25)33-29(36)27(19-7-2-1-3-8-19)39-23-10-6-9-21(17-23)32-28(35)20-13-15-22(16-14-20)34(37)38/h1-3,6-10,13-17,27H,4-5,11-12H2,(H,32,35)(H,33,36). The fourth-order valence-corrected chi connectivity index (χ4v) is 6.90. The zero-order valence-corrected chi connectivity index (χ0v) is 22.9. The minimum absolute atomic E-state index is 0.0928. The maximum Gasteiger partial charge on any atom is 0.269 e. The van der Waals surface area contributed by atoms with Gasteiger partial charge in [-0.15, -0.1) is 23.1 Å². The summed E-state index contributed by atoms with van der Waals surface area (Å²) >= 11 is 2.84. The van der Waals surface area contributed by atoms with Crippen LogP contribution in [0.15, 0.2) is 83.8 Å². The van der Waals surface area contributed by atoms with Crippen molar-refractivity contribution in [3.8, 4) is 6.07 Å². The number of fused-ring (bicyclic) bond motifs is 1. The monoisotopic (exact) mass is 568 g/mol. The predicted octanol–water partition coefficient (Wildman–Crippen LogP) is 7.13. The Morgan fingerprint density at radius 2 is 1.73 bits per heavy atom. The molecular weight excluding hydrogens is 544 g/mol. The molecule has 0 spiro atoms. The molecule has 1 atom stereocenters. The Morgan fingerprint density at radius 1 is 0.975 bits per heavy atom. The number of nitriles is 1. The number of anilines is 2. The van der Waals surface area contributed by atoms with E-state index in [4.69, 9.17) is 0 Å². The zero-order chi connectivity index (χ0) is 28.1. The van der Waals surface area contributed by atoms with E-state index in [1.807, 2.05) is 36.4 Å². The minimum Gasteiger partial charge on any atom is -0.322 e. The van der Waals surface area contributed by atoms with Crippen LogP contribution in [0, 0.1) is 21.4 Å². The molecule has 5 rings (SSSR count). The van der Waals surface area contributed by atoms with Crippen molar-refractivity contribution in [1.82, 2.24) is 0 Å². The third-order valence-electron chi connectivity index (χ3n) is 6.55. The first kappa shape index (κ1) is 27.1. The average Bonchev–Trinajstić information content (AvgIpc) is 3.33. The summed E-state index contributed by atoms with van der Waals surface area (Å²) in [6.45, 7) is 0. The maximum atomic E-state index is 13.7. The molecule has 8 nitrogen and oxygen atoms in total. The smallest absolute Gasteiger partial charge is 0.269 e. The predicted molar refractivity (Wildman–Crippen MR) is 157 cm³/mol. The minimum atomic E-state index is -0.604. The topological polar surface area (TPSA) is 125 Å². The van der Waals surface area contributed by atoms with E-state index >= 15 is 0 Å². The number of thioether (sulfide) groups is 1. The van der Waals surface area contributed by atoms with Gasteiger partial charge in [0.25, 0.3) is 11.6 Å². The molecule has 40 heavy (non-hydrogen) atoms. The van der Waals surface area contributed by atoms with Crippen LogP contribution in [-0.4, -0.2) is 16.7 Å². The van der Waals surface area contributed by atoms with Crippen LogP contribution >= 0.6 is 23.1 Å². The van der Waals surface area contributed by atoms with E-state index in [1.165, 1.54) is 52.2 Å². The number of hydrogen-bond donors (Lipinski definition) is 2. The van der Waals surface area contributed by atoms with Crippen LogP contribution in [0.1, 0.15) is 50.0 Å². The second-order valence-corrected chi connectivity index (χ2v) is 11.5. The number of nitrogens with zero attached hydrogens (tertiary/aromatic N) is 2. The van der Waals surface area contributed by atoms with Gasteiger partial charge in [0, 0.05) is 33.2 Å². The summed E-state index contributed by atoms with van der Waals surface area (Å²) in [4.78, 5) is 38.7. The van der Waals surface area contributed by atoms with Gasteiger partial charge in [-0.25, -0.2) is 0 Å². The molecule has 0 aliphatic heterocycles. The SMILES string of the molecule is N#Cc1c(NC(=O)C(Sc2cccc(NC(=O)c3ccc([N+](=O)[O-])cc3)c2)c2ccccc2)sc2c1CCCC2. The number of carbonyl (C=O) groups is 2. The van der Waals surface area contributed by atoms with Crippen molar-refractivity contribution in [3.63, 3.8) is 0 Å². The molecule has 2 N–H and O–H groups in total. The summed E-state index contributed by atoms with van der Waals surface area (Å²) in [6.07, 6.45) is 3.93. The second-order valence-electron chi connectivity index (χ2n) is 9.21. The Kier molecular flexibility index (Phi) is 8.24. The fourth-order valence-electron chi connectivity index (χ4n) is 4.57. The van der Waals surface area contributed by atoms with E-state index in [2.05, 4.69) is 16.7 Å². The Labute approximate surface area is 239 Å². The number of benzene rings is 3. The van der Waals surface area contributed by atoms with E-state index in [1.54, 1.807) is 18.2 Å². The number of nitro groups is 1. The summed E-state index contributed by atoms with van der Waals surface area (Å²) in [5.74, 6) is -0.633. The van der Waals surface area contributed by atoms with E-state index in [0.717, 1.165) is 41.7 Å². The first-order valence-corrected chi connectivity index (χ1v) is 14.4. The molecule has 1 aliphatic rings. The second kappa shape index (κ2) is 12.2. The van der Waals surface area contributed by atoms with Gasteiger partial charge in [0.2, 0.25) is 5.91 Å². The molecule has 3 aromatic carbocycles. The number of aryl methyl sites for hydroxylation is 1. The molecule has 0 radical (unpaired) electrons. The Morgan fingerprint density at radius 3 is 2.45 bits per heavy atom.